The number of cyclic esters (lactones) is 1. The van der Waals surface area contributed by atoms with Gasteiger partial charge in [-0.2, -0.15) is 0 Å². The van der Waals surface area contributed by atoms with Crippen LogP contribution in [0.1, 0.15) is 57.6 Å². The Balaban J connectivity index is 1.23. The van der Waals surface area contributed by atoms with Crippen LogP contribution in [-0.2, 0) is 14.9 Å². The van der Waals surface area contributed by atoms with Gasteiger partial charge < -0.3 is 15.0 Å². The molecule has 1 aromatic carbocycles. The summed E-state index contributed by atoms with van der Waals surface area (Å²) in [6, 6.07) is 9.03. The average Bonchev–Trinajstić information content (AvgIpc) is 2.90. The molecule has 2 aliphatic carbocycles. The SMILES string of the molecule is CC(C)(C)c1cccc([C@H]2[C@@H]3CN(C(=O)C4CC5(COC(=O)N5)C4)C[C@@]32C)c1. The van der Waals surface area contributed by atoms with Crippen LogP contribution in [0.5, 0.6) is 0 Å². The number of alkyl carbamates (subject to hydrolysis) is 1. The molecule has 0 aromatic heterocycles. The fourth-order valence-corrected chi connectivity index (χ4v) is 5.91. The first-order valence-corrected chi connectivity index (χ1v) is 10.5. The van der Waals surface area contributed by atoms with Crippen LogP contribution in [0.3, 0.4) is 0 Å². The highest BCUT2D eigenvalue weighted by molar-refractivity contribution is 5.82. The van der Waals surface area contributed by atoms with E-state index in [0.717, 1.165) is 13.1 Å². The highest BCUT2D eigenvalue weighted by atomic mass is 16.6. The van der Waals surface area contributed by atoms with Gasteiger partial charge in [-0.1, -0.05) is 52.0 Å². The predicted octanol–water partition coefficient (Wildman–Crippen LogP) is 3.43. The molecule has 4 fully saturated rings. The van der Waals surface area contributed by atoms with Crippen LogP contribution in [0, 0.1) is 17.3 Å². The van der Waals surface area contributed by atoms with Gasteiger partial charge in [-0.25, -0.2) is 4.79 Å². The van der Waals surface area contributed by atoms with Crippen LogP contribution >= 0.6 is 0 Å². The van der Waals surface area contributed by atoms with Crippen molar-refractivity contribution in [3.63, 3.8) is 0 Å². The summed E-state index contributed by atoms with van der Waals surface area (Å²) in [4.78, 5) is 26.3. The molecule has 2 amide bonds. The van der Waals surface area contributed by atoms with Crippen molar-refractivity contribution in [3.8, 4) is 0 Å². The van der Waals surface area contributed by atoms with Gasteiger partial charge >= 0.3 is 6.09 Å². The second-order valence-electron chi connectivity index (χ2n) is 10.8. The number of rotatable bonds is 2. The van der Waals surface area contributed by atoms with Crippen LogP contribution < -0.4 is 5.32 Å². The summed E-state index contributed by atoms with van der Waals surface area (Å²) in [6.45, 7) is 11.2. The molecule has 1 aromatic rings. The van der Waals surface area contributed by atoms with E-state index in [1.807, 2.05) is 0 Å². The summed E-state index contributed by atoms with van der Waals surface area (Å²) in [5, 5.41) is 2.88. The molecule has 5 nitrogen and oxygen atoms in total. The zero-order valence-electron chi connectivity index (χ0n) is 17.2. The van der Waals surface area contributed by atoms with Gasteiger partial charge in [0.25, 0.3) is 0 Å². The molecule has 4 aliphatic rings. The molecule has 5 heteroatoms. The quantitative estimate of drug-likeness (QED) is 0.852. The topological polar surface area (TPSA) is 58.6 Å². The van der Waals surface area contributed by atoms with Gasteiger partial charge in [0.15, 0.2) is 0 Å². The van der Waals surface area contributed by atoms with Crippen LogP contribution in [0.25, 0.3) is 0 Å². The van der Waals surface area contributed by atoms with Gasteiger partial charge in [0.05, 0.1) is 5.54 Å². The van der Waals surface area contributed by atoms with E-state index in [2.05, 4.69) is 62.2 Å². The molecule has 0 radical (unpaired) electrons. The standard InChI is InChI=1S/C23H30N2O3/c1-21(2,3)16-7-5-6-14(8-16)18-17-11-25(12-22(17,18)4)19(26)15-9-23(10-15)13-28-20(27)24-23/h5-8,15,17-18H,9-13H2,1-4H3,(H,24,27)/t15?,17-,18-,22-,23?/m0/s1. The van der Waals surface area contributed by atoms with Crippen molar-refractivity contribution in [2.45, 2.75) is 57.4 Å². The largest absolute Gasteiger partial charge is 0.447 e. The summed E-state index contributed by atoms with van der Waals surface area (Å²) in [7, 11) is 0. The van der Waals surface area contributed by atoms with Crippen LogP contribution in [0.15, 0.2) is 24.3 Å². The van der Waals surface area contributed by atoms with E-state index < -0.39 is 0 Å². The first-order chi connectivity index (χ1) is 13.1. The molecule has 0 bridgehead atoms. The molecule has 28 heavy (non-hydrogen) atoms. The number of amides is 2. The number of hydrogen-bond donors (Lipinski definition) is 1. The van der Waals surface area contributed by atoms with E-state index in [9.17, 15) is 9.59 Å². The van der Waals surface area contributed by atoms with Crippen LogP contribution in [0.2, 0.25) is 0 Å². The van der Waals surface area contributed by atoms with E-state index in [-0.39, 0.29) is 34.3 Å². The van der Waals surface area contributed by atoms with Crippen molar-refractivity contribution in [2.24, 2.45) is 17.3 Å². The Labute approximate surface area is 166 Å². The third kappa shape index (κ3) is 2.58. The van der Waals surface area contributed by atoms with Crippen molar-refractivity contribution in [2.75, 3.05) is 19.7 Å². The maximum atomic E-state index is 13.0. The van der Waals surface area contributed by atoms with E-state index in [4.69, 9.17) is 4.74 Å². The Morgan fingerprint density at radius 1 is 1.29 bits per heavy atom. The predicted molar refractivity (Wildman–Crippen MR) is 106 cm³/mol. The number of nitrogens with one attached hydrogen (secondary N) is 1. The van der Waals surface area contributed by atoms with E-state index in [1.165, 1.54) is 11.1 Å². The Hall–Kier alpha value is -2.04. The van der Waals surface area contributed by atoms with Crippen molar-refractivity contribution in [1.29, 1.82) is 0 Å². The Bertz CT molecular complexity index is 852. The highest BCUT2D eigenvalue weighted by Crippen LogP contribution is 2.68. The number of likely N-dealkylation sites (tertiary alicyclic amines) is 1. The smallest absolute Gasteiger partial charge is 0.407 e. The lowest BCUT2D eigenvalue weighted by molar-refractivity contribution is -0.140. The number of hydrogen-bond acceptors (Lipinski definition) is 3. The van der Waals surface area contributed by atoms with E-state index in [1.54, 1.807) is 0 Å². The van der Waals surface area contributed by atoms with Crippen LogP contribution in [0.4, 0.5) is 4.79 Å². The number of ether oxygens (including phenoxy) is 1. The molecule has 3 atom stereocenters. The molecule has 2 aliphatic heterocycles. The monoisotopic (exact) mass is 382 g/mol. The maximum absolute atomic E-state index is 13.0. The molecule has 150 valence electrons. The Morgan fingerprint density at radius 2 is 2.04 bits per heavy atom. The van der Waals surface area contributed by atoms with Crippen LogP contribution in [-0.4, -0.2) is 42.1 Å². The number of piperidine rings is 1. The van der Waals surface area contributed by atoms with Crippen molar-refractivity contribution >= 4 is 12.0 Å². The minimum Gasteiger partial charge on any atom is -0.447 e. The zero-order valence-corrected chi connectivity index (χ0v) is 17.2. The summed E-state index contributed by atoms with van der Waals surface area (Å²) in [5.41, 5.74) is 2.90. The molecule has 0 unspecified atom stereocenters. The molecule has 1 spiro atoms. The molecule has 5 rings (SSSR count). The molecule has 2 heterocycles. The molecule has 2 saturated carbocycles. The van der Waals surface area contributed by atoms with Gasteiger partial charge in [0.1, 0.15) is 6.61 Å². The number of fused-ring (bicyclic) bond motifs is 1. The van der Waals surface area contributed by atoms with Crippen molar-refractivity contribution < 1.29 is 14.3 Å². The lowest BCUT2D eigenvalue weighted by atomic mass is 9.68. The van der Waals surface area contributed by atoms with Gasteiger partial charge in [0, 0.05) is 19.0 Å². The second kappa shape index (κ2) is 5.52. The first kappa shape index (κ1) is 18.0. The van der Waals surface area contributed by atoms with Gasteiger partial charge in [-0.3, -0.25) is 4.79 Å². The minimum atomic E-state index is -0.346. The molecule has 2 saturated heterocycles. The summed E-state index contributed by atoms with van der Waals surface area (Å²) in [6.07, 6.45) is 1.08. The molecular weight excluding hydrogens is 352 g/mol. The second-order valence-corrected chi connectivity index (χ2v) is 10.8. The fraction of sp³-hybridized carbons (Fsp3) is 0.652. The highest BCUT2D eigenvalue weighted by Gasteiger charge is 2.67. The van der Waals surface area contributed by atoms with E-state index in [0.29, 0.717) is 31.3 Å². The van der Waals surface area contributed by atoms with Crippen molar-refractivity contribution in [3.05, 3.63) is 35.4 Å². The normalized spacial score (nSPS) is 38.6. The Morgan fingerprint density at radius 3 is 2.61 bits per heavy atom. The number of nitrogens with zero attached hydrogens (tertiary/aromatic N) is 1. The Kier molecular flexibility index (Phi) is 3.55. The molecular formula is C23H30N2O3. The summed E-state index contributed by atoms with van der Waals surface area (Å²) < 4.78 is 5.03. The number of benzene rings is 1. The van der Waals surface area contributed by atoms with Gasteiger partial charge in [-0.15, -0.1) is 0 Å². The average molecular weight is 383 g/mol. The van der Waals surface area contributed by atoms with E-state index >= 15 is 0 Å². The first-order valence-electron chi connectivity index (χ1n) is 10.5. The zero-order chi connectivity index (χ0) is 19.9. The lowest BCUT2D eigenvalue weighted by Crippen LogP contribution is -2.58. The van der Waals surface area contributed by atoms with Gasteiger partial charge in [-0.05, 0) is 46.6 Å². The number of carbonyl (C=O) groups is 2. The molecule has 1 N–H and O–H groups in total. The van der Waals surface area contributed by atoms with Crippen molar-refractivity contribution in [1.82, 2.24) is 10.2 Å². The minimum absolute atomic E-state index is 0.0331. The summed E-state index contributed by atoms with van der Waals surface area (Å²) in [5.74, 6) is 1.43. The lowest BCUT2D eigenvalue weighted by Gasteiger charge is -2.43. The number of carbonyl (C=O) groups excluding carboxylic acids is 2. The third-order valence-electron chi connectivity index (χ3n) is 7.69. The fourth-order valence-electron chi connectivity index (χ4n) is 5.91. The van der Waals surface area contributed by atoms with Gasteiger partial charge in [0.2, 0.25) is 5.91 Å². The third-order valence-corrected chi connectivity index (χ3v) is 7.69. The maximum Gasteiger partial charge on any atom is 0.407 e. The summed E-state index contributed by atoms with van der Waals surface area (Å²) >= 11 is 0.